The van der Waals surface area contributed by atoms with E-state index in [2.05, 4.69) is 15.1 Å². The topological polar surface area (TPSA) is 145 Å². The average Bonchev–Trinajstić information content (AvgIpc) is 3.99. The lowest BCUT2D eigenvalue weighted by atomic mass is 9.67. The molecule has 0 unspecified atom stereocenters. The van der Waals surface area contributed by atoms with E-state index in [9.17, 15) is 24.6 Å². The Morgan fingerprint density at radius 2 is 1.33 bits per heavy atom. The van der Waals surface area contributed by atoms with Crippen LogP contribution >= 0.6 is 11.6 Å². The summed E-state index contributed by atoms with van der Waals surface area (Å²) < 4.78 is 18.1. The summed E-state index contributed by atoms with van der Waals surface area (Å²) in [5.41, 5.74) is 2.79. The standard InChI is InChI=1S/C46H57ClN6O7/c1-50(2)44(56)31-15-19-52(28-31)33-10-13-36-39(26-33)60-40-27-34(53-20-16-32(29-53)45(57)51(3)4)11-14-37(40)46(36)38-25-30(9-12-35(38)41(54)42(46)48)43(55)49-18-22-59-24-23-58-21-8-6-5-7-17-47/h9-14,25-27,31-32,48H,5-8,15-24,28-29H2,1-4H3,(H,49,55)/t31-,32-/m0/s1. The molecule has 0 radical (unpaired) electrons. The summed E-state index contributed by atoms with van der Waals surface area (Å²) >= 11 is 5.73. The maximum atomic E-state index is 14.1. The third-order valence-electron chi connectivity index (χ3n) is 12.3. The number of hydrogen-bond acceptors (Lipinski definition) is 10. The molecule has 3 amide bonds. The predicted octanol–water partition coefficient (Wildman–Crippen LogP) is 5.73. The van der Waals surface area contributed by atoms with Gasteiger partial charge in [-0.3, -0.25) is 24.6 Å². The zero-order valence-electron chi connectivity index (χ0n) is 35.2. The minimum absolute atomic E-state index is 0.0933. The normalized spacial score (nSPS) is 18.6. The van der Waals surface area contributed by atoms with Crippen LogP contribution in [0.3, 0.4) is 0 Å². The maximum absolute atomic E-state index is 14.1. The van der Waals surface area contributed by atoms with Gasteiger partial charge in [-0.2, -0.15) is 0 Å². The summed E-state index contributed by atoms with van der Waals surface area (Å²) in [6, 6.07) is 16.7. The number of halogens is 1. The number of nitrogens with zero attached hydrogens (tertiary/aromatic N) is 4. The molecule has 2 atom stereocenters. The van der Waals surface area contributed by atoms with E-state index in [4.69, 9.17) is 25.8 Å². The number of unbranched alkanes of at least 4 members (excludes halogenated alkanes) is 3. The molecule has 2 saturated heterocycles. The molecule has 3 aromatic rings. The Balaban J connectivity index is 1.16. The quantitative estimate of drug-likeness (QED) is 0.129. The summed E-state index contributed by atoms with van der Waals surface area (Å²) in [5.74, 6) is 0.883. The van der Waals surface area contributed by atoms with E-state index < -0.39 is 11.2 Å². The number of ether oxygens (including phenoxy) is 3. The number of rotatable bonds is 17. The van der Waals surface area contributed by atoms with Gasteiger partial charge in [0, 0.05) is 119 Å². The summed E-state index contributed by atoms with van der Waals surface area (Å²) in [6.45, 7) is 4.70. The number of ketones is 1. The van der Waals surface area contributed by atoms with Crippen molar-refractivity contribution in [3.8, 4) is 11.5 Å². The van der Waals surface area contributed by atoms with Gasteiger partial charge in [-0.15, -0.1) is 11.6 Å². The van der Waals surface area contributed by atoms with Gasteiger partial charge in [-0.25, -0.2) is 0 Å². The average molecular weight is 841 g/mol. The van der Waals surface area contributed by atoms with Crippen LogP contribution in [0.4, 0.5) is 11.4 Å². The van der Waals surface area contributed by atoms with E-state index in [0.29, 0.717) is 97.8 Å². The summed E-state index contributed by atoms with van der Waals surface area (Å²) in [4.78, 5) is 61.1. The van der Waals surface area contributed by atoms with Crippen LogP contribution in [0.1, 0.15) is 75.9 Å². The second kappa shape index (κ2) is 18.7. The van der Waals surface area contributed by atoms with E-state index in [1.807, 2.05) is 36.4 Å². The number of carbonyl (C=O) groups is 4. The van der Waals surface area contributed by atoms with E-state index in [1.165, 1.54) is 0 Å². The number of fused-ring (bicyclic) bond motifs is 6. The highest BCUT2D eigenvalue weighted by molar-refractivity contribution is 6.53. The van der Waals surface area contributed by atoms with Crippen LogP contribution in [0.25, 0.3) is 0 Å². The monoisotopic (exact) mass is 840 g/mol. The largest absolute Gasteiger partial charge is 0.457 e. The van der Waals surface area contributed by atoms with Crippen molar-refractivity contribution in [2.75, 3.05) is 103 Å². The van der Waals surface area contributed by atoms with E-state index in [0.717, 1.165) is 49.9 Å². The van der Waals surface area contributed by atoms with Gasteiger partial charge in [-0.05, 0) is 61.6 Å². The molecule has 60 heavy (non-hydrogen) atoms. The lowest BCUT2D eigenvalue weighted by Gasteiger charge is -2.39. The van der Waals surface area contributed by atoms with E-state index >= 15 is 0 Å². The lowest BCUT2D eigenvalue weighted by Crippen LogP contribution is -2.39. The number of anilines is 2. The Morgan fingerprint density at radius 3 is 1.90 bits per heavy atom. The van der Waals surface area contributed by atoms with Crippen molar-refractivity contribution in [1.82, 2.24) is 15.1 Å². The minimum Gasteiger partial charge on any atom is -0.457 e. The van der Waals surface area contributed by atoms with Crippen LogP contribution in [-0.4, -0.2) is 132 Å². The van der Waals surface area contributed by atoms with Crippen LogP contribution in [0, 0.1) is 17.2 Å². The first-order valence-corrected chi connectivity index (χ1v) is 21.7. The number of hydrogen-bond donors (Lipinski definition) is 2. The molecule has 320 valence electrons. The second-order valence-electron chi connectivity index (χ2n) is 16.6. The smallest absolute Gasteiger partial charge is 0.251 e. The van der Waals surface area contributed by atoms with Gasteiger partial charge < -0.3 is 39.1 Å². The van der Waals surface area contributed by atoms with Crippen molar-refractivity contribution in [3.63, 3.8) is 0 Å². The fourth-order valence-electron chi connectivity index (χ4n) is 9.10. The third-order valence-corrected chi connectivity index (χ3v) is 12.5. The fourth-order valence-corrected chi connectivity index (χ4v) is 9.29. The predicted molar refractivity (Wildman–Crippen MR) is 233 cm³/mol. The highest BCUT2D eigenvalue weighted by atomic mass is 35.5. The number of benzene rings is 3. The van der Waals surface area contributed by atoms with Crippen LogP contribution in [0.15, 0.2) is 54.6 Å². The number of carbonyl (C=O) groups excluding carboxylic acids is 4. The molecule has 0 aromatic heterocycles. The zero-order chi connectivity index (χ0) is 42.6. The van der Waals surface area contributed by atoms with Crippen molar-refractivity contribution in [2.45, 2.75) is 43.9 Å². The molecule has 14 heteroatoms. The first-order valence-electron chi connectivity index (χ1n) is 21.1. The van der Waals surface area contributed by atoms with Gasteiger partial charge in [-0.1, -0.05) is 25.0 Å². The van der Waals surface area contributed by atoms with Gasteiger partial charge in [0.2, 0.25) is 17.6 Å². The van der Waals surface area contributed by atoms with Gasteiger partial charge in [0.05, 0.1) is 42.8 Å². The van der Waals surface area contributed by atoms with Crippen molar-refractivity contribution >= 4 is 52.2 Å². The number of Topliss-reactive ketones (excluding diaryl/α,β-unsaturated/α-hetero) is 1. The summed E-state index contributed by atoms with van der Waals surface area (Å²) in [5, 5.41) is 12.5. The molecule has 13 nitrogen and oxygen atoms in total. The second-order valence-corrected chi connectivity index (χ2v) is 17.0. The van der Waals surface area contributed by atoms with Crippen molar-refractivity contribution in [2.24, 2.45) is 11.8 Å². The molecular formula is C46H57ClN6O7. The third kappa shape index (κ3) is 8.49. The van der Waals surface area contributed by atoms with Gasteiger partial charge in [0.25, 0.3) is 5.91 Å². The Hall–Kier alpha value is -4.98. The number of alkyl halides is 1. The number of nitrogens with one attached hydrogen (secondary N) is 2. The molecular weight excluding hydrogens is 784 g/mol. The molecule has 4 aliphatic rings. The Bertz CT molecular complexity index is 2040. The molecule has 0 bridgehead atoms. The van der Waals surface area contributed by atoms with Crippen LogP contribution in [-0.2, 0) is 24.5 Å². The Morgan fingerprint density at radius 1 is 0.767 bits per heavy atom. The molecule has 3 heterocycles. The minimum atomic E-state index is -1.36. The fraction of sp³-hybridized carbons (Fsp3) is 0.500. The van der Waals surface area contributed by atoms with Crippen molar-refractivity contribution in [1.29, 1.82) is 5.41 Å². The molecule has 3 aromatic carbocycles. The van der Waals surface area contributed by atoms with E-state index in [1.54, 1.807) is 56.2 Å². The highest BCUT2D eigenvalue weighted by Crippen LogP contribution is 2.57. The molecule has 1 aliphatic carbocycles. The summed E-state index contributed by atoms with van der Waals surface area (Å²) in [7, 11) is 7.10. The highest BCUT2D eigenvalue weighted by Gasteiger charge is 2.56. The molecule has 0 saturated carbocycles. The first kappa shape index (κ1) is 43.1. The molecule has 1 spiro atoms. The molecule has 7 rings (SSSR count). The van der Waals surface area contributed by atoms with Gasteiger partial charge in [0.15, 0.2) is 0 Å². The molecule has 2 N–H and O–H groups in total. The maximum Gasteiger partial charge on any atom is 0.251 e. The molecule has 3 aliphatic heterocycles. The molecule has 2 fully saturated rings. The van der Waals surface area contributed by atoms with Crippen LogP contribution in [0.5, 0.6) is 11.5 Å². The van der Waals surface area contributed by atoms with Crippen LogP contribution < -0.4 is 19.9 Å². The lowest BCUT2D eigenvalue weighted by molar-refractivity contribution is -0.132. The summed E-state index contributed by atoms with van der Waals surface area (Å²) in [6.07, 6.45) is 5.67. The van der Waals surface area contributed by atoms with Crippen LogP contribution in [0.2, 0.25) is 0 Å². The van der Waals surface area contributed by atoms with Crippen molar-refractivity contribution in [3.05, 3.63) is 82.4 Å². The SMILES string of the molecule is CN(C)C(=O)[C@H]1CCN(c2ccc3c(c2)Oc2cc(N4CC[C@H](C(=O)N(C)C)C4)ccc2C32C(=N)C(=O)c3ccc(C(=O)NCCOCCOCCCCCCCl)cc32)C1. The van der Waals surface area contributed by atoms with Gasteiger partial charge >= 0.3 is 0 Å². The zero-order valence-corrected chi connectivity index (χ0v) is 35.9. The van der Waals surface area contributed by atoms with E-state index in [-0.39, 0.29) is 41.8 Å². The first-order chi connectivity index (χ1) is 28.9. The number of amides is 3. The Kier molecular flexibility index (Phi) is 13.5. The van der Waals surface area contributed by atoms with Gasteiger partial charge in [0.1, 0.15) is 11.5 Å². The van der Waals surface area contributed by atoms with Crippen molar-refractivity contribution < 1.29 is 33.4 Å². The Labute approximate surface area is 357 Å².